The Balaban J connectivity index is 1.55. The highest BCUT2D eigenvalue weighted by Crippen LogP contribution is 2.35. The second kappa shape index (κ2) is 8.50. The van der Waals surface area contributed by atoms with E-state index in [-0.39, 0.29) is 17.2 Å². The molecule has 0 saturated carbocycles. The van der Waals surface area contributed by atoms with Crippen molar-refractivity contribution in [2.45, 2.75) is 37.5 Å². The molecule has 1 aliphatic carbocycles. The lowest BCUT2D eigenvalue weighted by Gasteiger charge is -2.12. The van der Waals surface area contributed by atoms with Crippen LogP contribution in [0.25, 0.3) is 10.2 Å². The average Bonchev–Trinajstić information content (AvgIpc) is 3.41. The van der Waals surface area contributed by atoms with Crippen molar-refractivity contribution in [1.29, 1.82) is 0 Å². The van der Waals surface area contributed by atoms with Crippen LogP contribution in [0, 0.1) is 0 Å². The van der Waals surface area contributed by atoms with Gasteiger partial charge >= 0.3 is 0 Å². The van der Waals surface area contributed by atoms with Gasteiger partial charge in [-0.3, -0.25) is 14.2 Å². The fourth-order valence-corrected chi connectivity index (χ4v) is 5.49. The second-order valence-electron chi connectivity index (χ2n) is 6.53. The largest absolute Gasteiger partial charge is 0.467 e. The van der Waals surface area contributed by atoms with Crippen molar-refractivity contribution >= 4 is 39.2 Å². The van der Waals surface area contributed by atoms with E-state index in [1.165, 1.54) is 16.6 Å². The number of ether oxygens (including phenoxy) is 1. The molecule has 0 bridgehead atoms. The molecule has 0 spiro atoms. The Bertz CT molecular complexity index is 1040. The number of furan rings is 1. The normalized spacial score (nSPS) is 13.2. The Labute approximate surface area is 170 Å². The molecule has 0 unspecified atom stereocenters. The van der Waals surface area contributed by atoms with Gasteiger partial charge in [0.2, 0.25) is 5.91 Å². The number of rotatable bonds is 8. The highest BCUT2D eigenvalue weighted by Gasteiger charge is 2.23. The van der Waals surface area contributed by atoms with Gasteiger partial charge in [0.05, 0.1) is 37.1 Å². The predicted octanol–water partition coefficient (Wildman–Crippen LogP) is 2.59. The third kappa shape index (κ3) is 3.87. The molecular weight excluding hydrogens is 398 g/mol. The topological polar surface area (TPSA) is 86.4 Å². The molecule has 4 rings (SSSR count). The molecule has 0 aromatic carbocycles. The number of nitrogens with zero attached hydrogens (tertiary/aromatic N) is 2. The summed E-state index contributed by atoms with van der Waals surface area (Å²) in [6.07, 6.45) is 4.63. The Morgan fingerprint density at radius 3 is 3.14 bits per heavy atom. The van der Waals surface area contributed by atoms with Crippen LogP contribution in [-0.4, -0.2) is 34.9 Å². The maximum absolute atomic E-state index is 13.1. The lowest BCUT2D eigenvalue weighted by Crippen LogP contribution is -2.27. The lowest BCUT2D eigenvalue weighted by molar-refractivity contribution is -0.118. The number of hydrogen-bond donors (Lipinski definition) is 1. The van der Waals surface area contributed by atoms with Crippen molar-refractivity contribution in [3.05, 3.63) is 45.0 Å². The van der Waals surface area contributed by atoms with Crippen molar-refractivity contribution in [2.75, 3.05) is 19.5 Å². The van der Waals surface area contributed by atoms with Crippen LogP contribution in [0.3, 0.4) is 0 Å². The maximum atomic E-state index is 13.1. The minimum Gasteiger partial charge on any atom is -0.467 e. The Morgan fingerprint density at radius 2 is 2.36 bits per heavy atom. The molecule has 0 fully saturated rings. The number of fused-ring (bicyclic) bond motifs is 3. The first-order valence-electron chi connectivity index (χ1n) is 9.13. The SMILES string of the molecule is COCCn1c(SCC(=O)NCc2ccco2)nc2sc3c(c2c1=O)CCC3. The van der Waals surface area contributed by atoms with Crippen LogP contribution in [0.5, 0.6) is 0 Å². The van der Waals surface area contributed by atoms with Crippen LogP contribution < -0.4 is 10.9 Å². The smallest absolute Gasteiger partial charge is 0.263 e. The number of thiophene rings is 1. The predicted molar refractivity (Wildman–Crippen MR) is 109 cm³/mol. The Kier molecular flexibility index (Phi) is 5.84. The van der Waals surface area contributed by atoms with Crippen LogP contribution in [0.4, 0.5) is 0 Å². The summed E-state index contributed by atoms with van der Waals surface area (Å²) in [7, 11) is 1.61. The molecule has 1 aliphatic rings. The standard InChI is InChI=1S/C19H21N3O4S2/c1-25-9-7-22-18(24)16-13-5-2-6-14(13)28-17(16)21-19(22)27-11-15(23)20-10-12-4-3-8-26-12/h3-4,8H,2,5-7,9-11H2,1H3,(H,20,23). The van der Waals surface area contributed by atoms with E-state index < -0.39 is 0 Å². The number of methoxy groups -OCH3 is 1. The monoisotopic (exact) mass is 419 g/mol. The molecule has 7 nitrogen and oxygen atoms in total. The zero-order chi connectivity index (χ0) is 19.5. The number of hydrogen-bond acceptors (Lipinski definition) is 7. The summed E-state index contributed by atoms with van der Waals surface area (Å²) >= 11 is 2.88. The van der Waals surface area contributed by atoms with Gasteiger partial charge in [0, 0.05) is 12.0 Å². The second-order valence-corrected chi connectivity index (χ2v) is 8.55. The summed E-state index contributed by atoms with van der Waals surface area (Å²) in [5.74, 6) is 0.738. The summed E-state index contributed by atoms with van der Waals surface area (Å²) in [5.41, 5.74) is 1.14. The third-order valence-electron chi connectivity index (χ3n) is 4.68. The zero-order valence-corrected chi connectivity index (χ0v) is 17.2. The maximum Gasteiger partial charge on any atom is 0.263 e. The number of carbonyl (C=O) groups excluding carboxylic acids is 1. The van der Waals surface area contributed by atoms with Crippen molar-refractivity contribution in [2.24, 2.45) is 0 Å². The van der Waals surface area contributed by atoms with Crippen LogP contribution in [0.15, 0.2) is 32.8 Å². The Morgan fingerprint density at radius 1 is 1.46 bits per heavy atom. The van der Waals surface area contributed by atoms with Gasteiger partial charge in [-0.1, -0.05) is 11.8 Å². The summed E-state index contributed by atoms with van der Waals surface area (Å²) in [6.45, 7) is 1.17. The fraction of sp³-hybridized carbons (Fsp3) is 0.421. The summed E-state index contributed by atoms with van der Waals surface area (Å²) < 4.78 is 12.0. The van der Waals surface area contributed by atoms with Gasteiger partial charge in [-0.15, -0.1) is 11.3 Å². The summed E-state index contributed by atoms with van der Waals surface area (Å²) in [5, 5.41) is 4.12. The van der Waals surface area contributed by atoms with Crippen molar-refractivity contribution in [3.8, 4) is 0 Å². The molecule has 0 atom stereocenters. The molecule has 3 aromatic rings. The van der Waals surface area contributed by atoms with Gasteiger partial charge in [0.25, 0.3) is 5.56 Å². The number of carbonyl (C=O) groups is 1. The molecule has 3 aromatic heterocycles. The van der Waals surface area contributed by atoms with Crippen molar-refractivity contribution in [3.63, 3.8) is 0 Å². The van der Waals surface area contributed by atoms with Crippen LogP contribution >= 0.6 is 23.1 Å². The molecule has 1 N–H and O–H groups in total. The molecule has 0 radical (unpaired) electrons. The first-order valence-corrected chi connectivity index (χ1v) is 10.9. The Hall–Kier alpha value is -2.10. The minimum absolute atomic E-state index is 0.0278. The molecule has 3 heterocycles. The number of nitrogens with one attached hydrogen (secondary N) is 1. The number of aromatic nitrogens is 2. The van der Waals surface area contributed by atoms with Crippen LogP contribution in [-0.2, 0) is 35.5 Å². The third-order valence-corrected chi connectivity index (χ3v) is 6.84. The summed E-state index contributed by atoms with van der Waals surface area (Å²) in [4.78, 5) is 32.1. The van der Waals surface area contributed by atoms with Gasteiger partial charge in [-0.2, -0.15) is 0 Å². The first kappa shape index (κ1) is 19.2. The zero-order valence-electron chi connectivity index (χ0n) is 15.5. The molecule has 28 heavy (non-hydrogen) atoms. The average molecular weight is 420 g/mol. The minimum atomic E-state index is -0.136. The van der Waals surface area contributed by atoms with Gasteiger partial charge < -0.3 is 14.5 Å². The number of aryl methyl sites for hydroxylation is 2. The van der Waals surface area contributed by atoms with Crippen LogP contribution in [0.1, 0.15) is 22.6 Å². The van der Waals surface area contributed by atoms with E-state index in [4.69, 9.17) is 14.1 Å². The van der Waals surface area contributed by atoms with Gasteiger partial charge in [-0.25, -0.2) is 4.98 Å². The van der Waals surface area contributed by atoms with Crippen molar-refractivity contribution in [1.82, 2.24) is 14.9 Å². The summed E-state index contributed by atoms with van der Waals surface area (Å²) in [6, 6.07) is 3.59. The van der Waals surface area contributed by atoms with Crippen molar-refractivity contribution < 1.29 is 13.9 Å². The molecule has 148 valence electrons. The van der Waals surface area contributed by atoms with E-state index in [1.807, 2.05) is 0 Å². The quantitative estimate of drug-likeness (QED) is 0.446. The lowest BCUT2D eigenvalue weighted by atomic mass is 10.2. The van der Waals surface area contributed by atoms with E-state index in [0.29, 0.717) is 30.6 Å². The number of amides is 1. The van der Waals surface area contributed by atoms with E-state index in [9.17, 15) is 9.59 Å². The van der Waals surface area contributed by atoms with Gasteiger partial charge in [0.15, 0.2) is 5.16 Å². The highest BCUT2D eigenvalue weighted by atomic mass is 32.2. The number of thioether (sulfide) groups is 1. The van der Waals surface area contributed by atoms with E-state index in [2.05, 4.69) is 5.32 Å². The van der Waals surface area contributed by atoms with Crippen LogP contribution in [0.2, 0.25) is 0 Å². The molecule has 0 aliphatic heterocycles. The first-order chi connectivity index (χ1) is 13.7. The molecular formula is C19H21N3O4S2. The van der Waals surface area contributed by atoms with E-state index >= 15 is 0 Å². The fourth-order valence-electron chi connectivity index (χ4n) is 3.33. The van der Waals surface area contributed by atoms with Gasteiger partial charge in [-0.05, 0) is 37.0 Å². The highest BCUT2D eigenvalue weighted by molar-refractivity contribution is 7.99. The van der Waals surface area contributed by atoms with Gasteiger partial charge in [0.1, 0.15) is 10.6 Å². The molecule has 1 amide bonds. The van der Waals surface area contributed by atoms with E-state index in [0.717, 1.165) is 35.0 Å². The van der Waals surface area contributed by atoms with E-state index in [1.54, 1.807) is 41.4 Å². The molecule has 9 heteroatoms. The molecule has 0 saturated heterocycles.